The fourth-order valence-electron chi connectivity index (χ4n) is 2.00. The SMILES string of the molecule is COc1ncc(Cl)cc1C(=O)N(C)Cc1cc(F)cc(F)c1. The fraction of sp³-hybridized carbons (Fsp3) is 0.200. The average molecular weight is 327 g/mol. The molecule has 0 unspecified atom stereocenters. The molecule has 0 aliphatic heterocycles. The Labute approximate surface area is 131 Å². The highest BCUT2D eigenvalue weighted by atomic mass is 35.5. The number of carbonyl (C=O) groups is 1. The zero-order valence-corrected chi connectivity index (χ0v) is 12.7. The standard InChI is InChI=1S/C15H13ClF2N2O2/c1-20(8-9-3-11(17)6-12(18)4-9)15(21)13-5-10(16)7-19-14(13)22-2/h3-7H,8H2,1-2H3. The molecule has 2 rings (SSSR count). The van der Waals surface area contributed by atoms with E-state index in [9.17, 15) is 13.6 Å². The number of rotatable bonds is 4. The van der Waals surface area contributed by atoms with Gasteiger partial charge in [0.2, 0.25) is 5.88 Å². The number of hydrogen-bond acceptors (Lipinski definition) is 3. The summed E-state index contributed by atoms with van der Waals surface area (Å²) in [5.74, 6) is -1.68. The Kier molecular flexibility index (Phi) is 4.92. The van der Waals surface area contributed by atoms with Gasteiger partial charge in [-0.2, -0.15) is 0 Å². The van der Waals surface area contributed by atoms with Crippen LogP contribution in [0.2, 0.25) is 5.02 Å². The molecule has 0 N–H and O–H groups in total. The summed E-state index contributed by atoms with van der Waals surface area (Å²) in [7, 11) is 2.89. The van der Waals surface area contributed by atoms with Gasteiger partial charge in [0.25, 0.3) is 5.91 Å². The van der Waals surface area contributed by atoms with Crippen molar-refractivity contribution in [2.24, 2.45) is 0 Å². The van der Waals surface area contributed by atoms with Crippen molar-refractivity contribution < 1.29 is 18.3 Å². The monoisotopic (exact) mass is 326 g/mol. The van der Waals surface area contributed by atoms with Gasteiger partial charge < -0.3 is 9.64 Å². The second-order valence-corrected chi connectivity index (χ2v) is 5.09. The minimum absolute atomic E-state index is 0.0309. The Morgan fingerprint density at radius 2 is 1.91 bits per heavy atom. The minimum Gasteiger partial charge on any atom is -0.480 e. The molecule has 22 heavy (non-hydrogen) atoms. The summed E-state index contributed by atoms with van der Waals surface area (Å²) in [5, 5.41) is 0.286. The molecule has 0 saturated heterocycles. The molecule has 0 bridgehead atoms. The predicted octanol–water partition coefficient (Wildman–Crippen LogP) is 3.29. The van der Waals surface area contributed by atoms with Crippen LogP contribution >= 0.6 is 11.6 Å². The molecule has 0 saturated carbocycles. The van der Waals surface area contributed by atoms with Crippen molar-refractivity contribution in [2.45, 2.75) is 6.54 Å². The second-order valence-electron chi connectivity index (χ2n) is 4.65. The Morgan fingerprint density at radius 1 is 1.27 bits per heavy atom. The van der Waals surface area contributed by atoms with E-state index in [1.54, 1.807) is 0 Å². The molecule has 4 nitrogen and oxygen atoms in total. The van der Waals surface area contributed by atoms with Crippen molar-refractivity contribution in [3.63, 3.8) is 0 Å². The topological polar surface area (TPSA) is 42.4 Å². The highest BCUT2D eigenvalue weighted by molar-refractivity contribution is 6.30. The molecule has 116 valence electrons. The smallest absolute Gasteiger partial charge is 0.259 e. The maximum absolute atomic E-state index is 13.2. The van der Waals surface area contributed by atoms with Crippen LogP contribution in [0.1, 0.15) is 15.9 Å². The van der Waals surface area contributed by atoms with Gasteiger partial charge in [0, 0.05) is 25.9 Å². The van der Waals surface area contributed by atoms with Crippen molar-refractivity contribution >= 4 is 17.5 Å². The van der Waals surface area contributed by atoms with Crippen LogP contribution in [0.3, 0.4) is 0 Å². The summed E-state index contributed by atoms with van der Waals surface area (Å²) in [5.41, 5.74) is 0.511. The number of ether oxygens (including phenoxy) is 1. The third kappa shape index (κ3) is 3.71. The van der Waals surface area contributed by atoms with Crippen LogP contribution < -0.4 is 4.74 Å². The third-order valence-electron chi connectivity index (χ3n) is 2.93. The maximum atomic E-state index is 13.2. The highest BCUT2D eigenvalue weighted by Gasteiger charge is 2.19. The zero-order chi connectivity index (χ0) is 16.3. The van der Waals surface area contributed by atoms with E-state index >= 15 is 0 Å². The first kappa shape index (κ1) is 16.2. The van der Waals surface area contributed by atoms with E-state index in [2.05, 4.69) is 4.98 Å². The predicted molar refractivity (Wildman–Crippen MR) is 78.0 cm³/mol. The summed E-state index contributed by atoms with van der Waals surface area (Å²) in [6, 6.07) is 4.54. The van der Waals surface area contributed by atoms with E-state index in [1.165, 1.54) is 43.5 Å². The van der Waals surface area contributed by atoms with Crippen molar-refractivity contribution in [1.29, 1.82) is 0 Å². The fourth-order valence-corrected chi connectivity index (χ4v) is 2.15. The molecule has 0 aliphatic rings. The van der Waals surface area contributed by atoms with Crippen LogP contribution in [-0.4, -0.2) is 29.9 Å². The quantitative estimate of drug-likeness (QED) is 0.866. The van der Waals surface area contributed by atoms with Gasteiger partial charge in [0.15, 0.2) is 0 Å². The molecular formula is C15H13ClF2N2O2. The van der Waals surface area contributed by atoms with Crippen LogP contribution in [0.4, 0.5) is 8.78 Å². The van der Waals surface area contributed by atoms with Crippen LogP contribution in [0.25, 0.3) is 0 Å². The summed E-state index contributed by atoms with van der Waals surface area (Å²) >= 11 is 5.84. The number of amides is 1. The number of carbonyl (C=O) groups excluding carboxylic acids is 1. The van der Waals surface area contributed by atoms with Gasteiger partial charge in [0.1, 0.15) is 17.2 Å². The van der Waals surface area contributed by atoms with Gasteiger partial charge in [0.05, 0.1) is 12.1 Å². The lowest BCUT2D eigenvalue weighted by atomic mass is 10.2. The number of hydrogen-bond donors (Lipinski definition) is 0. The van der Waals surface area contributed by atoms with Crippen molar-refractivity contribution in [3.8, 4) is 5.88 Å². The third-order valence-corrected chi connectivity index (χ3v) is 3.14. The van der Waals surface area contributed by atoms with E-state index < -0.39 is 17.5 Å². The van der Waals surface area contributed by atoms with Gasteiger partial charge in [-0.05, 0) is 23.8 Å². The number of benzene rings is 1. The Bertz CT molecular complexity index is 690. The van der Waals surface area contributed by atoms with E-state index in [1.807, 2.05) is 0 Å². The molecule has 1 amide bonds. The van der Waals surface area contributed by atoms with Gasteiger partial charge in [-0.15, -0.1) is 0 Å². The maximum Gasteiger partial charge on any atom is 0.259 e. The van der Waals surface area contributed by atoms with E-state index in [0.29, 0.717) is 5.56 Å². The molecule has 0 atom stereocenters. The number of halogens is 3. The Balaban J connectivity index is 2.24. The molecule has 0 aliphatic carbocycles. The lowest BCUT2D eigenvalue weighted by molar-refractivity contribution is 0.0780. The molecule has 2 aromatic rings. The summed E-state index contributed by atoms with van der Waals surface area (Å²) < 4.78 is 31.4. The van der Waals surface area contributed by atoms with Gasteiger partial charge >= 0.3 is 0 Å². The molecule has 1 heterocycles. The Hall–Kier alpha value is -2.21. The normalized spacial score (nSPS) is 10.4. The van der Waals surface area contributed by atoms with Crippen LogP contribution in [-0.2, 0) is 6.54 Å². The minimum atomic E-state index is -0.696. The first-order valence-electron chi connectivity index (χ1n) is 6.30. The number of nitrogens with zero attached hydrogens (tertiary/aromatic N) is 2. The van der Waals surface area contributed by atoms with Gasteiger partial charge in [-0.3, -0.25) is 4.79 Å². The van der Waals surface area contributed by atoms with E-state index in [0.717, 1.165) is 6.07 Å². The zero-order valence-electron chi connectivity index (χ0n) is 11.9. The van der Waals surface area contributed by atoms with Crippen molar-refractivity contribution in [3.05, 3.63) is 58.2 Å². The number of methoxy groups -OCH3 is 1. The van der Waals surface area contributed by atoms with Crippen LogP contribution in [0.5, 0.6) is 5.88 Å². The molecular weight excluding hydrogens is 314 g/mol. The summed E-state index contributed by atoms with van der Waals surface area (Å²) in [6.45, 7) is 0.0309. The van der Waals surface area contributed by atoms with Gasteiger partial charge in [-0.1, -0.05) is 11.6 Å². The summed E-state index contributed by atoms with van der Waals surface area (Å²) in [4.78, 5) is 17.6. The average Bonchev–Trinajstić information content (AvgIpc) is 2.45. The highest BCUT2D eigenvalue weighted by Crippen LogP contribution is 2.21. The molecule has 7 heteroatoms. The largest absolute Gasteiger partial charge is 0.480 e. The Morgan fingerprint density at radius 3 is 2.50 bits per heavy atom. The lowest BCUT2D eigenvalue weighted by Gasteiger charge is -2.18. The van der Waals surface area contributed by atoms with Crippen LogP contribution in [0, 0.1) is 11.6 Å². The summed E-state index contributed by atoms with van der Waals surface area (Å²) in [6.07, 6.45) is 1.36. The first-order chi connectivity index (χ1) is 10.4. The molecule has 0 spiro atoms. The van der Waals surface area contributed by atoms with Crippen molar-refractivity contribution in [2.75, 3.05) is 14.2 Å². The van der Waals surface area contributed by atoms with E-state index in [-0.39, 0.29) is 23.0 Å². The van der Waals surface area contributed by atoms with Crippen LogP contribution in [0.15, 0.2) is 30.5 Å². The molecule has 0 fully saturated rings. The number of pyridine rings is 1. The van der Waals surface area contributed by atoms with E-state index in [4.69, 9.17) is 16.3 Å². The second kappa shape index (κ2) is 6.70. The molecule has 0 radical (unpaired) electrons. The van der Waals surface area contributed by atoms with Crippen molar-refractivity contribution in [1.82, 2.24) is 9.88 Å². The number of aromatic nitrogens is 1. The molecule has 1 aromatic heterocycles. The lowest BCUT2D eigenvalue weighted by Crippen LogP contribution is -2.27. The first-order valence-corrected chi connectivity index (χ1v) is 6.68. The molecule has 1 aromatic carbocycles. The van der Waals surface area contributed by atoms with Gasteiger partial charge in [-0.25, -0.2) is 13.8 Å².